The predicted octanol–water partition coefficient (Wildman–Crippen LogP) is 6.55. The molecule has 0 nitrogen and oxygen atoms in total. The standard InChI is InChI=1S/C13H22.2C2H6/c1-6-8-10-13(11(3)4)12(5)9-7-2;2*1-2/h6,8,10,12H,1,7,9H2,2-5H3;2*1-2H3/b10-8-;;. The molecule has 0 aromatic rings. The molecule has 0 heteroatoms. The molecule has 0 bridgehead atoms. The van der Waals surface area contributed by atoms with Crippen LogP contribution in [0.1, 0.15) is 68.2 Å². The van der Waals surface area contributed by atoms with Crippen LogP contribution < -0.4 is 0 Å². The Kier molecular flexibility index (Phi) is 22.3. The molecule has 0 fully saturated rings. The zero-order chi connectivity index (χ0) is 14.3. The minimum absolute atomic E-state index is 0.672. The molecule has 0 aliphatic heterocycles. The van der Waals surface area contributed by atoms with Crippen molar-refractivity contribution in [3.8, 4) is 0 Å². The first-order valence-corrected chi connectivity index (χ1v) is 7.09. The van der Waals surface area contributed by atoms with E-state index < -0.39 is 0 Å². The maximum absolute atomic E-state index is 3.69. The van der Waals surface area contributed by atoms with Crippen LogP contribution in [0.4, 0.5) is 0 Å². The highest BCUT2D eigenvalue weighted by Crippen LogP contribution is 2.21. The Morgan fingerprint density at radius 1 is 1.12 bits per heavy atom. The largest absolute Gasteiger partial charge is 0.0991 e. The zero-order valence-corrected chi connectivity index (χ0v) is 13.4. The van der Waals surface area contributed by atoms with Gasteiger partial charge < -0.3 is 0 Å². The Bertz CT molecular complexity index is 202. The van der Waals surface area contributed by atoms with E-state index in [9.17, 15) is 0 Å². The molecule has 102 valence electrons. The highest BCUT2D eigenvalue weighted by molar-refractivity contribution is 5.27. The van der Waals surface area contributed by atoms with Gasteiger partial charge in [-0.2, -0.15) is 0 Å². The summed E-state index contributed by atoms with van der Waals surface area (Å²) in [7, 11) is 0. The van der Waals surface area contributed by atoms with Gasteiger partial charge in [0.2, 0.25) is 0 Å². The third-order valence-electron chi connectivity index (χ3n) is 2.24. The number of hydrogen-bond acceptors (Lipinski definition) is 0. The van der Waals surface area contributed by atoms with Gasteiger partial charge in [0.15, 0.2) is 0 Å². The van der Waals surface area contributed by atoms with Crippen LogP contribution in [0.3, 0.4) is 0 Å². The molecule has 1 unspecified atom stereocenters. The lowest BCUT2D eigenvalue weighted by molar-refractivity contribution is 0.608. The van der Waals surface area contributed by atoms with Crippen molar-refractivity contribution in [2.75, 3.05) is 0 Å². The molecule has 0 amide bonds. The Hall–Kier alpha value is -0.780. The van der Waals surface area contributed by atoms with E-state index in [0.29, 0.717) is 5.92 Å². The highest BCUT2D eigenvalue weighted by Gasteiger charge is 2.05. The maximum atomic E-state index is 3.69. The van der Waals surface area contributed by atoms with E-state index in [1.54, 1.807) is 0 Å². The van der Waals surface area contributed by atoms with E-state index in [4.69, 9.17) is 0 Å². The first kappa shape index (κ1) is 21.5. The molecule has 0 heterocycles. The third kappa shape index (κ3) is 13.2. The van der Waals surface area contributed by atoms with Crippen molar-refractivity contribution in [3.05, 3.63) is 36.0 Å². The Labute approximate surface area is 111 Å². The van der Waals surface area contributed by atoms with E-state index >= 15 is 0 Å². The Morgan fingerprint density at radius 2 is 1.59 bits per heavy atom. The van der Waals surface area contributed by atoms with Gasteiger partial charge in [-0.25, -0.2) is 0 Å². The van der Waals surface area contributed by atoms with Gasteiger partial charge in [-0.05, 0) is 31.8 Å². The number of allylic oxidation sites excluding steroid dienone is 5. The van der Waals surface area contributed by atoms with Gasteiger partial charge >= 0.3 is 0 Å². The molecule has 1 atom stereocenters. The first-order valence-electron chi connectivity index (χ1n) is 7.09. The lowest BCUT2D eigenvalue weighted by Crippen LogP contribution is -1.98. The van der Waals surface area contributed by atoms with E-state index in [2.05, 4.69) is 40.3 Å². The van der Waals surface area contributed by atoms with E-state index in [0.717, 1.165) is 0 Å². The molecule has 0 spiro atoms. The van der Waals surface area contributed by atoms with Crippen LogP contribution in [0, 0.1) is 5.92 Å². The number of rotatable bonds is 5. The van der Waals surface area contributed by atoms with Crippen molar-refractivity contribution in [3.63, 3.8) is 0 Å². The van der Waals surface area contributed by atoms with Crippen molar-refractivity contribution in [1.29, 1.82) is 0 Å². The van der Waals surface area contributed by atoms with Crippen molar-refractivity contribution in [2.24, 2.45) is 5.92 Å². The molecular weight excluding hydrogens is 204 g/mol. The second-order valence-corrected chi connectivity index (χ2v) is 3.74. The predicted molar refractivity (Wildman–Crippen MR) is 84.5 cm³/mol. The van der Waals surface area contributed by atoms with Crippen LogP contribution in [-0.2, 0) is 0 Å². The smallest absolute Gasteiger partial charge is 0.0191 e. The second kappa shape index (κ2) is 17.6. The van der Waals surface area contributed by atoms with E-state index in [1.165, 1.54) is 24.0 Å². The quantitative estimate of drug-likeness (QED) is 0.476. The average molecular weight is 238 g/mol. The summed E-state index contributed by atoms with van der Waals surface area (Å²) in [6, 6.07) is 0. The van der Waals surface area contributed by atoms with Crippen molar-refractivity contribution < 1.29 is 0 Å². The van der Waals surface area contributed by atoms with Gasteiger partial charge in [0.05, 0.1) is 0 Å². The molecule has 0 aromatic carbocycles. The molecule has 0 saturated carbocycles. The van der Waals surface area contributed by atoms with E-state index in [1.807, 2.05) is 39.8 Å². The monoisotopic (exact) mass is 238 g/mol. The molecule has 0 aliphatic rings. The third-order valence-corrected chi connectivity index (χ3v) is 2.24. The summed E-state index contributed by atoms with van der Waals surface area (Å²) in [5.74, 6) is 0.672. The molecule has 17 heavy (non-hydrogen) atoms. The molecule has 0 saturated heterocycles. The second-order valence-electron chi connectivity index (χ2n) is 3.74. The summed E-state index contributed by atoms with van der Waals surface area (Å²) in [6.07, 6.45) is 8.56. The van der Waals surface area contributed by atoms with Gasteiger partial charge in [-0.15, -0.1) is 0 Å². The fourth-order valence-corrected chi connectivity index (χ4v) is 1.58. The summed E-state index contributed by atoms with van der Waals surface area (Å²) in [4.78, 5) is 0. The van der Waals surface area contributed by atoms with Gasteiger partial charge in [0, 0.05) is 0 Å². The van der Waals surface area contributed by atoms with Crippen LogP contribution in [0.2, 0.25) is 0 Å². The maximum Gasteiger partial charge on any atom is -0.0191 e. The van der Waals surface area contributed by atoms with Crippen molar-refractivity contribution in [2.45, 2.75) is 68.2 Å². The van der Waals surface area contributed by atoms with E-state index in [-0.39, 0.29) is 0 Å². The molecule has 0 aromatic heterocycles. The summed E-state index contributed by atoms with van der Waals surface area (Å²) < 4.78 is 0. The van der Waals surface area contributed by atoms with Gasteiger partial charge in [0.25, 0.3) is 0 Å². The van der Waals surface area contributed by atoms with Crippen LogP contribution in [0.5, 0.6) is 0 Å². The SMILES string of the molecule is C=C/C=C\C(=C(C)C)C(C)CCC.CC.CC. The van der Waals surface area contributed by atoms with Crippen LogP contribution in [-0.4, -0.2) is 0 Å². The summed E-state index contributed by atoms with van der Waals surface area (Å²) in [5, 5.41) is 0. The van der Waals surface area contributed by atoms with Gasteiger partial charge in [0.1, 0.15) is 0 Å². The minimum atomic E-state index is 0.672. The van der Waals surface area contributed by atoms with Crippen molar-refractivity contribution in [1.82, 2.24) is 0 Å². The summed E-state index contributed by atoms with van der Waals surface area (Å²) in [5.41, 5.74) is 2.88. The average Bonchev–Trinajstić information content (AvgIpc) is 2.34. The lowest BCUT2D eigenvalue weighted by atomic mass is 9.92. The summed E-state index contributed by atoms with van der Waals surface area (Å²) >= 11 is 0. The van der Waals surface area contributed by atoms with Gasteiger partial charge in [-0.3, -0.25) is 0 Å². The van der Waals surface area contributed by atoms with Crippen LogP contribution >= 0.6 is 0 Å². The summed E-state index contributed by atoms with van der Waals surface area (Å²) in [6.45, 7) is 20.6. The highest BCUT2D eigenvalue weighted by atomic mass is 14.1. The van der Waals surface area contributed by atoms with Crippen molar-refractivity contribution >= 4 is 0 Å². The number of hydrogen-bond donors (Lipinski definition) is 0. The fraction of sp³-hybridized carbons (Fsp3) is 0.647. The molecule has 0 radical (unpaired) electrons. The minimum Gasteiger partial charge on any atom is -0.0991 e. The molecule has 0 N–H and O–H groups in total. The van der Waals surface area contributed by atoms with Crippen LogP contribution in [0.25, 0.3) is 0 Å². The normalized spacial score (nSPS) is 10.6. The first-order chi connectivity index (χ1) is 8.13. The van der Waals surface area contributed by atoms with Crippen LogP contribution in [0.15, 0.2) is 36.0 Å². The fourth-order valence-electron chi connectivity index (χ4n) is 1.58. The lowest BCUT2D eigenvalue weighted by Gasteiger charge is -2.13. The molecule has 0 aliphatic carbocycles. The Morgan fingerprint density at radius 3 is 1.88 bits per heavy atom. The zero-order valence-electron chi connectivity index (χ0n) is 13.4. The Balaban J connectivity index is -0.000000439. The van der Waals surface area contributed by atoms with Gasteiger partial charge in [-0.1, -0.05) is 78.3 Å². The topological polar surface area (TPSA) is 0 Å². The molecule has 0 rings (SSSR count). The molecular formula is C17H34.